The van der Waals surface area contributed by atoms with Crippen LogP contribution in [0, 0.1) is 13.8 Å². The fourth-order valence-corrected chi connectivity index (χ4v) is 7.38. The number of aromatic nitrogens is 10. The van der Waals surface area contributed by atoms with Crippen LogP contribution in [0.2, 0.25) is 10.0 Å². The molecule has 8 rings (SSSR count). The van der Waals surface area contributed by atoms with Gasteiger partial charge >= 0.3 is 12.4 Å². The minimum absolute atomic E-state index is 0.0268. The average Bonchev–Trinajstić information content (AvgIpc) is 4.03. The monoisotopic (exact) mass is 944 g/mol. The number of imidazole rings is 2. The van der Waals surface area contributed by atoms with Gasteiger partial charge in [0, 0.05) is 83.8 Å². The van der Waals surface area contributed by atoms with Gasteiger partial charge in [0.15, 0.2) is 0 Å². The molecule has 6 aromatic heterocycles. The fraction of sp³-hybridized carbons (Fsp3) is 0.182. The molecule has 4 N–H and O–H groups in total. The van der Waals surface area contributed by atoms with E-state index in [2.05, 4.69) is 40.5 Å². The SMILES string of the molecule is Cc1cc(Cl)ccc1-c1nc(N(CCNc2ccc(C(F)(F)F)cn2)N(CCNc2ccc(C(F)(F)F)cn2)c2ncc(-c3ncc[nH]3)c(-c3ccc(Cl)cc3C)n2)ncc1-c1ncc[nH]1. The Morgan fingerprint density at radius 1 is 0.530 bits per heavy atom. The van der Waals surface area contributed by atoms with Gasteiger partial charge in [-0.25, -0.2) is 49.9 Å². The zero-order valence-electron chi connectivity index (χ0n) is 34.7. The number of anilines is 4. The molecule has 0 spiro atoms. The number of pyridine rings is 2. The Morgan fingerprint density at radius 3 is 1.29 bits per heavy atom. The van der Waals surface area contributed by atoms with E-state index in [1.807, 2.05) is 26.0 Å². The van der Waals surface area contributed by atoms with Crippen LogP contribution >= 0.6 is 23.2 Å². The molecule has 0 amide bonds. The second-order valence-corrected chi connectivity index (χ2v) is 15.5. The quantitative estimate of drug-likeness (QED) is 0.0569. The number of hydrogen-bond donors (Lipinski definition) is 4. The molecule has 0 saturated carbocycles. The van der Waals surface area contributed by atoms with Crippen molar-refractivity contribution in [3.05, 3.63) is 143 Å². The smallest absolute Gasteiger partial charge is 0.368 e. The second-order valence-electron chi connectivity index (χ2n) is 14.6. The Balaban J connectivity index is 1.27. The van der Waals surface area contributed by atoms with Gasteiger partial charge in [-0.15, -0.1) is 0 Å². The minimum Gasteiger partial charge on any atom is -0.368 e. The number of aromatic amines is 2. The van der Waals surface area contributed by atoms with E-state index in [0.717, 1.165) is 35.7 Å². The minimum atomic E-state index is -4.58. The molecule has 0 bridgehead atoms. The highest BCUT2D eigenvalue weighted by Crippen LogP contribution is 2.36. The van der Waals surface area contributed by atoms with Gasteiger partial charge in [-0.2, -0.15) is 26.3 Å². The molecule has 14 nitrogen and oxygen atoms in total. The molecule has 0 saturated heterocycles. The standard InChI is InChI=1S/C44H36Cl2F6N14/c1-25-19-29(45)5-7-31(25)37-33(39-55-11-12-56-39)23-61-41(63-37)65(17-15-53-35-9-3-27(21-59-35)43(47,48)49)66(18-16-54-36-10-4-28(22-60-36)44(50,51)52)42-62-24-34(40-57-13-14-58-40)38(64-42)32-8-6-30(46)20-26(32)2/h3-14,19-24H,15-18H2,1-2H3,(H,53,59)(H,54,60)(H,55,56)(H,57,58). The molecule has 2 aromatic carbocycles. The summed E-state index contributed by atoms with van der Waals surface area (Å²) in [6.07, 6.45) is 2.04. The van der Waals surface area contributed by atoms with Crippen LogP contribution in [0.25, 0.3) is 45.3 Å². The lowest BCUT2D eigenvalue weighted by Gasteiger charge is -2.35. The van der Waals surface area contributed by atoms with Gasteiger partial charge in [0.1, 0.15) is 23.3 Å². The number of hydrogen-bond acceptors (Lipinski definition) is 12. The summed E-state index contributed by atoms with van der Waals surface area (Å²) in [5.41, 5.74) is 3.27. The summed E-state index contributed by atoms with van der Waals surface area (Å²) in [6, 6.07) is 15.0. The van der Waals surface area contributed by atoms with Gasteiger partial charge in [0.25, 0.3) is 0 Å². The van der Waals surface area contributed by atoms with Crippen LogP contribution in [-0.4, -0.2) is 76.0 Å². The zero-order chi connectivity index (χ0) is 46.6. The Hall–Kier alpha value is -7.32. The summed E-state index contributed by atoms with van der Waals surface area (Å²) in [6.45, 7) is 3.95. The maximum atomic E-state index is 13.4. The van der Waals surface area contributed by atoms with Crippen molar-refractivity contribution < 1.29 is 26.3 Å². The second kappa shape index (κ2) is 19.0. The summed E-state index contributed by atoms with van der Waals surface area (Å²) in [5, 5.41) is 10.6. The lowest BCUT2D eigenvalue weighted by molar-refractivity contribution is -0.138. The summed E-state index contributed by atoms with van der Waals surface area (Å²) in [7, 11) is 0. The van der Waals surface area contributed by atoms with Crippen molar-refractivity contribution in [3.63, 3.8) is 0 Å². The highest BCUT2D eigenvalue weighted by atomic mass is 35.5. The third-order valence-corrected chi connectivity index (χ3v) is 10.6. The number of benzene rings is 2. The lowest BCUT2D eigenvalue weighted by Crippen LogP contribution is -2.49. The molecule has 0 aliphatic heterocycles. The van der Waals surface area contributed by atoms with Gasteiger partial charge in [-0.05, 0) is 73.5 Å². The largest absolute Gasteiger partial charge is 0.417 e. The average molecular weight is 946 g/mol. The van der Waals surface area contributed by atoms with E-state index in [-0.39, 0.29) is 49.7 Å². The molecule has 6 heterocycles. The number of rotatable bonds is 15. The van der Waals surface area contributed by atoms with Crippen molar-refractivity contribution in [2.75, 3.05) is 46.8 Å². The molecule has 0 atom stereocenters. The number of alkyl halides is 6. The first kappa shape index (κ1) is 45.3. The predicted octanol–water partition coefficient (Wildman–Crippen LogP) is 10.6. The first-order valence-corrected chi connectivity index (χ1v) is 20.7. The topological polar surface area (TPSA) is 165 Å². The normalized spacial score (nSPS) is 11.7. The van der Waals surface area contributed by atoms with Crippen LogP contribution in [0.4, 0.5) is 49.9 Å². The molecule has 8 aromatic rings. The Kier molecular flexibility index (Phi) is 13.0. The van der Waals surface area contributed by atoms with Crippen LogP contribution in [-0.2, 0) is 12.4 Å². The fourth-order valence-electron chi connectivity index (χ4n) is 6.93. The van der Waals surface area contributed by atoms with Crippen molar-refractivity contribution in [2.45, 2.75) is 26.2 Å². The van der Waals surface area contributed by atoms with E-state index in [1.54, 1.807) is 71.5 Å². The van der Waals surface area contributed by atoms with E-state index in [4.69, 9.17) is 43.1 Å². The van der Waals surface area contributed by atoms with Crippen molar-refractivity contribution in [1.82, 2.24) is 49.8 Å². The maximum absolute atomic E-state index is 13.4. The molecular formula is C44H36Cl2F6N14. The number of halogens is 8. The maximum Gasteiger partial charge on any atom is 0.417 e. The van der Waals surface area contributed by atoms with Crippen LogP contribution in [0.15, 0.2) is 110 Å². The third kappa shape index (κ3) is 10.3. The molecule has 0 aliphatic carbocycles. The molecule has 66 heavy (non-hydrogen) atoms. The van der Waals surface area contributed by atoms with Crippen LogP contribution < -0.4 is 20.7 Å². The van der Waals surface area contributed by atoms with Gasteiger partial charge in [0.2, 0.25) is 11.9 Å². The Labute approximate surface area is 382 Å². The first-order chi connectivity index (χ1) is 31.6. The molecule has 22 heteroatoms. The van der Waals surface area contributed by atoms with E-state index in [1.165, 1.54) is 12.1 Å². The molecule has 0 radical (unpaired) electrons. The van der Waals surface area contributed by atoms with Crippen LogP contribution in [0.1, 0.15) is 22.3 Å². The van der Waals surface area contributed by atoms with Crippen molar-refractivity contribution in [1.29, 1.82) is 0 Å². The molecule has 338 valence electrons. The van der Waals surface area contributed by atoms with Crippen LogP contribution in [0.3, 0.4) is 0 Å². The number of hydrazine groups is 1. The Morgan fingerprint density at radius 2 is 0.955 bits per heavy atom. The number of H-pyrrole nitrogens is 2. The molecule has 0 aliphatic rings. The van der Waals surface area contributed by atoms with Gasteiger partial charge in [-0.1, -0.05) is 35.3 Å². The summed E-state index contributed by atoms with van der Waals surface area (Å²) >= 11 is 12.8. The Bertz CT molecular complexity index is 2720. The predicted molar refractivity (Wildman–Crippen MR) is 240 cm³/mol. The highest BCUT2D eigenvalue weighted by molar-refractivity contribution is 6.31. The van der Waals surface area contributed by atoms with Gasteiger partial charge in [-0.3, -0.25) is 0 Å². The molecular weight excluding hydrogens is 909 g/mol. The van der Waals surface area contributed by atoms with Gasteiger partial charge in [0.05, 0.1) is 46.7 Å². The number of nitrogens with one attached hydrogen (secondary N) is 4. The van der Waals surface area contributed by atoms with E-state index >= 15 is 0 Å². The van der Waals surface area contributed by atoms with Crippen molar-refractivity contribution >= 4 is 46.7 Å². The number of nitrogens with zero attached hydrogens (tertiary/aromatic N) is 10. The van der Waals surface area contributed by atoms with E-state index < -0.39 is 23.5 Å². The van der Waals surface area contributed by atoms with Crippen molar-refractivity contribution in [2.24, 2.45) is 0 Å². The zero-order valence-corrected chi connectivity index (χ0v) is 36.2. The summed E-state index contributed by atoms with van der Waals surface area (Å²) < 4.78 is 80.5. The molecule has 0 fully saturated rings. The van der Waals surface area contributed by atoms with Crippen molar-refractivity contribution in [3.8, 4) is 45.3 Å². The first-order valence-electron chi connectivity index (χ1n) is 20.0. The molecule has 0 unspecified atom stereocenters. The third-order valence-electron chi connectivity index (χ3n) is 10.1. The summed E-state index contributed by atoms with van der Waals surface area (Å²) in [4.78, 5) is 43.1. The summed E-state index contributed by atoms with van der Waals surface area (Å²) in [5.74, 6) is 1.56. The van der Waals surface area contributed by atoms with Crippen LogP contribution in [0.5, 0.6) is 0 Å². The van der Waals surface area contributed by atoms with E-state index in [9.17, 15) is 26.3 Å². The lowest BCUT2D eigenvalue weighted by atomic mass is 10.0. The highest BCUT2D eigenvalue weighted by Gasteiger charge is 2.32. The van der Waals surface area contributed by atoms with E-state index in [0.29, 0.717) is 55.3 Å². The van der Waals surface area contributed by atoms with Gasteiger partial charge < -0.3 is 20.6 Å². The number of aryl methyl sites for hydroxylation is 2.